The molecule has 1 atom stereocenters. The van der Waals surface area contributed by atoms with Gasteiger partial charge in [-0.3, -0.25) is 9.59 Å². The third kappa shape index (κ3) is 5.43. The van der Waals surface area contributed by atoms with Crippen LogP contribution in [-0.4, -0.2) is 57.4 Å². The molecule has 0 radical (unpaired) electrons. The van der Waals surface area contributed by atoms with E-state index in [0.29, 0.717) is 12.3 Å². The molecule has 1 saturated heterocycles. The Morgan fingerprint density at radius 1 is 1.22 bits per heavy atom. The molecule has 0 spiro atoms. The number of hydrogen-bond donors (Lipinski definition) is 2. The predicted molar refractivity (Wildman–Crippen MR) is 101 cm³/mol. The summed E-state index contributed by atoms with van der Waals surface area (Å²) in [5.41, 5.74) is -0.319. The summed E-state index contributed by atoms with van der Waals surface area (Å²) in [4.78, 5) is 26.1. The van der Waals surface area contributed by atoms with E-state index in [4.69, 9.17) is 4.74 Å². The van der Waals surface area contributed by atoms with Crippen LogP contribution in [0.25, 0.3) is 0 Å². The molecular weight excluding hydrogens is 370 g/mol. The van der Waals surface area contributed by atoms with Gasteiger partial charge in [0.05, 0.1) is 17.9 Å². The first-order chi connectivity index (χ1) is 12.5. The van der Waals surface area contributed by atoms with E-state index >= 15 is 0 Å². The van der Waals surface area contributed by atoms with Crippen molar-refractivity contribution in [2.75, 3.05) is 26.7 Å². The fourth-order valence-electron chi connectivity index (χ4n) is 2.88. The van der Waals surface area contributed by atoms with E-state index in [1.54, 1.807) is 17.0 Å². The maximum Gasteiger partial charge on any atom is 0.240 e. The van der Waals surface area contributed by atoms with E-state index in [1.807, 2.05) is 20.8 Å². The van der Waals surface area contributed by atoms with Crippen molar-refractivity contribution in [2.24, 2.45) is 5.92 Å². The lowest BCUT2D eigenvalue weighted by Gasteiger charge is -2.31. The van der Waals surface area contributed by atoms with E-state index in [1.165, 1.54) is 19.2 Å². The van der Waals surface area contributed by atoms with Crippen LogP contribution >= 0.6 is 0 Å². The van der Waals surface area contributed by atoms with Gasteiger partial charge in [-0.15, -0.1) is 0 Å². The number of carbonyl (C=O) groups is 2. The number of sulfonamides is 1. The predicted octanol–water partition coefficient (Wildman–Crippen LogP) is 0.737. The molecule has 1 heterocycles. The molecule has 0 aliphatic carbocycles. The molecule has 0 saturated carbocycles. The molecule has 0 bridgehead atoms. The maximum atomic E-state index is 12.2. The zero-order valence-electron chi connectivity index (χ0n) is 16.1. The van der Waals surface area contributed by atoms with Gasteiger partial charge in [0.25, 0.3) is 0 Å². The van der Waals surface area contributed by atoms with Crippen molar-refractivity contribution in [3.8, 4) is 5.75 Å². The van der Waals surface area contributed by atoms with E-state index in [9.17, 15) is 18.0 Å². The van der Waals surface area contributed by atoms with Gasteiger partial charge in [0, 0.05) is 31.6 Å². The third-order valence-electron chi connectivity index (χ3n) is 4.39. The monoisotopic (exact) mass is 397 g/mol. The summed E-state index contributed by atoms with van der Waals surface area (Å²) in [5.74, 6) is -0.117. The van der Waals surface area contributed by atoms with Crippen molar-refractivity contribution in [1.29, 1.82) is 0 Å². The van der Waals surface area contributed by atoms with Crippen LogP contribution in [0.3, 0.4) is 0 Å². The molecule has 1 aromatic carbocycles. The molecule has 1 aliphatic rings. The first-order valence-electron chi connectivity index (χ1n) is 8.76. The Bertz CT molecular complexity index is 784. The zero-order chi connectivity index (χ0) is 20.2. The van der Waals surface area contributed by atoms with Gasteiger partial charge in [-0.2, -0.15) is 0 Å². The molecule has 2 amide bonds. The highest BCUT2D eigenvalue weighted by atomic mass is 32.2. The number of nitrogens with zero attached hydrogens (tertiary/aromatic N) is 1. The van der Waals surface area contributed by atoms with Crippen LogP contribution in [0.15, 0.2) is 29.2 Å². The average molecular weight is 397 g/mol. The molecular formula is C18H27N3O5S. The first-order valence-corrected chi connectivity index (χ1v) is 10.2. The SMILES string of the molecule is COc1ccc(S(=O)(=O)NCCNC(=O)C2CC(=O)N(C(C)(C)C)C2)cc1. The van der Waals surface area contributed by atoms with Gasteiger partial charge in [-0.05, 0) is 45.0 Å². The van der Waals surface area contributed by atoms with Crippen LogP contribution in [0.2, 0.25) is 0 Å². The molecule has 150 valence electrons. The second kappa shape index (κ2) is 8.26. The molecule has 1 aromatic rings. The van der Waals surface area contributed by atoms with Crippen molar-refractivity contribution < 1.29 is 22.7 Å². The Labute approximate surface area is 160 Å². The molecule has 1 unspecified atom stereocenters. The highest BCUT2D eigenvalue weighted by Gasteiger charge is 2.39. The Morgan fingerprint density at radius 3 is 2.37 bits per heavy atom. The second-order valence-corrected chi connectivity index (χ2v) is 9.21. The van der Waals surface area contributed by atoms with Crippen molar-refractivity contribution in [2.45, 2.75) is 37.6 Å². The summed E-state index contributed by atoms with van der Waals surface area (Å²) < 4.78 is 31.9. The van der Waals surface area contributed by atoms with Crippen LogP contribution in [0, 0.1) is 5.92 Å². The van der Waals surface area contributed by atoms with Crippen LogP contribution in [0.5, 0.6) is 5.75 Å². The standard InChI is InChI=1S/C18H27N3O5S/c1-18(2,3)21-12-13(11-16(21)22)17(23)19-9-10-20-27(24,25)15-7-5-14(26-4)6-8-15/h5-8,13,20H,9-12H2,1-4H3,(H,19,23). The number of benzene rings is 1. The summed E-state index contributed by atoms with van der Waals surface area (Å²) in [6.45, 7) is 6.38. The van der Waals surface area contributed by atoms with Crippen LogP contribution < -0.4 is 14.8 Å². The number of rotatable bonds is 7. The molecule has 1 aliphatic heterocycles. The molecule has 27 heavy (non-hydrogen) atoms. The Balaban J connectivity index is 1.80. The Kier molecular flexibility index (Phi) is 6.48. The molecule has 0 aromatic heterocycles. The number of hydrogen-bond acceptors (Lipinski definition) is 5. The second-order valence-electron chi connectivity index (χ2n) is 7.44. The highest BCUT2D eigenvalue weighted by molar-refractivity contribution is 7.89. The summed E-state index contributed by atoms with van der Waals surface area (Å²) in [6.07, 6.45) is 0.181. The van der Waals surface area contributed by atoms with Gasteiger partial charge >= 0.3 is 0 Å². The molecule has 8 nitrogen and oxygen atoms in total. The van der Waals surface area contributed by atoms with Gasteiger partial charge in [0.1, 0.15) is 5.75 Å². The normalized spacial score (nSPS) is 17.9. The van der Waals surface area contributed by atoms with Gasteiger partial charge < -0.3 is 15.0 Å². The van der Waals surface area contributed by atoms with Crippen molar-refractivity contribution in [3.05, 3.63) is 24.3 Å². The van der Waals surface area contributed by atoms with E-state index in [2.05, 4.69) is 10.0 Å². The third-order valence-corrected chi connectivity index (χ3v) is 5.87. The molecule has 2 rings (SSSR count). The first kappa shape index (κ1) is 21.2. The average Bonchev–Trinajstić information content (AvgIpc) is 3.01. The number of ether oxygens (including phenoxy) is 1. The number of methoxy groups -OCH3 is 1. The van der Waals surface area contributed by atoms with Crippen LogP contribution in [0.1, 0.15) is 27.2 Å². The van der Waals surface area contributed by atoms with Gasteiger partial charge in [-0.25, -0.2) is 13.1 Å². The molecule has 1 fully saturated rings. The lowest BCUT2D eigenvalue weighted by Crippen LogP contribution is -2.43. The topological polar surface area (TPSA) is 105 Å². The summed E-state index contributed by atoms with van der Waals surface area (Å²) in [7, 11) is -2.16. The van der Waals surface area contributed by atoms with Gasteiger partial charge in [-0.1, -0.05) is 0 Å². The minimum atomic E-state index is -3.66. The van der Waals surface area contributed by atoms with E-state index in [-0.39, 0.29) is 41.8 Å². The van der Waals surface area contributed by atoms with Crippen LogP contribution in [0.4, 0.5) is 0 Å². The number of carbonyl (C=O) groups excluding carboxylic acids is 2. The van der Waals surface area contributed by atoms with E-state index < -0.39 is 15.9 Å². The van der Waals surface area contributed by atoms with Gasteiger partial charge in [0.2, 0.25) is 21.8 Å². The lowest BCUT2D eigenvalue weighted by molar-refractivity contribution is -0.132. The number of nitrogens with one attached hydrogen (secondary N) is 2. The zero-order valence-corrected chi connectivity index (χ0v) is 16.9. The molecule has 9 heteroatoms. The van der Waals surface area contributed by atoms with Crippen molar-refractivity contribution >= 4 is 21.8 Å². The highest BCUT2D eigenvalue weighted by Crippen LogP contribution is 2.25. The molecule has 2 N–H and O–H groups in total. The Hall–Kier alpha value is -2.13. The summed E-state index contributed by atoms with van der Waals surface area (Å²) in [5, 5.41) is 2.69. The summed E-state index contributed by atoms with van der Waals surface area (Å²) in [6, 6.07) is 6.03. The minimum absolute atomic E-state index is 0.0390. The minimum Gasteiger partial charge on any atom is -0.497 e. The van der Waals surface area contributed by atoms with E-state index in [0.717, 1.165) is 0 Å². The fourth-order valence-corrected chi connectivity index (χ4v) is 3.92. The maximum absolute atomic E-state index is 12.2. The Morgan fingerprint density at radius 2 is 1.85 bits per heavy atom. The van der Waals surface area contributed by atoms with Crippen LogP contribution in [-0.2, 0) is 19.6 Å². The smallest absolute Gasteiger partial charge is 0.240 e. The largest absolute Gasteiger partial charge is 0.497 e. The van der Waals surface area contributed by atoms with Crippen molar-refractivity contribution in [3.63, 3.8) is 0 Å². The van der Waals surface area contributed by atoms with Gasteiger partial charge in [0.15, 0.2) is 0 Å². The number of likely N-dealkylation sites (tertiary alicyclic amines) is 1. The quantitative estimate of drug-likeness (QED) is 0.660. The fraction of sp³-hybridized carbons (Fsp3) is 0.556. The summed E-state index contributed by atoms with van der Waals surface area (Å²) >= 11 is 0. The number of amides is 2. The lowest BCUT2D eigenvalue weighted by atomic mass is 10.1. The van der Waals surface area contributed by atoms with Crippen molar-refractivity contribution in [1.82, 2.24) is 14.9 Å².